The molecule has 0 bridgehead atoms. The zero-order chi connectivity index (χ0) is 37.0. The van der Waals surface area contributed by atoms with E-state index in [9.17, 15) is 9.59 Å². The molecule has 10 nitrogen and oxygen atoms in total. The number of aryl methyl sites for hydroxylation is 4. The van der Waals surface area contributed by atoms with Crippen molar-refractivity contribution in [3.63, 3.8) is 0 Å². The molecule has 0 aliphatic carbocycles. The molecular weight excluding hydrogens is 747 g/mol. The third kappa shape index (κ3) is 13.6. The smallest absolute Gasteiger partial charge is 0.355 e. The van der Waals surface area contributed by atoms with E-state index in [0.29, 0.717) is 24.6 Å². The summed E-state index contributed by atoms with van der Waals surface area (Å²) in [5.74, 6) is -0.648. The number of amides is 1. The standard InChI is InChI=1S/C21H30N4OS.C17H21N3O2S.BrH/c1-7-25(6)13-23-18-9-15(4)17(8-16(18)5)10-20-24-19(12-27-20)21(26)22-11-14(2)3;1-5-20(4)10-18-14-7-11(2)13(6-12(14)3)8-16-19-15(9-23-16)17(21)22;/h8-9,12-14H,7,10-11H2,1-6H3,(H,22,26);6-7,9-10H,5,8H2,1-4H3,(H,21,22);1H. The van der Waals surface area contributed by atoms with Crippen LogP contribution in [0.4, 0.5) is 11.4 Å². The highest BCUT2D eigenvalue weighted by Crippen LogP contribution is 2.27. The van der Waals surface area contributed by atoms with Gasteiger partial charge in [-0.05, 0) is 93.0 Å². The lowest BCUT2D eigenvalue weighted by molar-refractivity contribution is 0.0691. The van der Waals surface area contributed by atoms with Gasteiger partial charge in [0.1, 0.15) is 5.69 Å². The summed E-state index contributed by atoms with van der Waals surface area (Å²) in [6, 6.07) is 8.47. The van der Waals surface area contributed by atoms with E-state index in [2.05, 4.69) is 91.1 Å². The van der Waals surface area contributed by atoms with E-state index in [1.807, 2.05) is 55.8 Å². The zero-order valence-corrected chi connectivity index (χ0v) is 34.7. The highest BCUT2D eigenvalue weighted by atomic mass is 79.9. The minimum Gasteiger partial charge on any atom is -0.476 e. The van der Waals surface area contributed by atoms with Crippen molar-refractivity contribution >= 4 is 75.6 Å². The molecule has 2 aromatic carbocycles. The second-order valence-electron chi connectivity index (χ2n) is 12.8. The quantitative estimate of drug-likeness (QED) is 0.0968. The Morgan fingerprint density at radius 1 is 0.784 bits per heavy atom. The molecule has 2 aromatic heterocycles. The molecule has 4 aromatic rings. The monoisotopic (exact) mass is 797 g/mol. The molecule has 13 heteroatoms. The lowest BCUT2D eigenvalue weighted by atomic mass is 10.0. The van der Waals surface area contributed by atoms with E-state index in [0.717, 1.165) is 63.2 Å². The van der Waals surface area contributed by atoms with Crippen molar-refractivity contribution in [2.45, 2.75) is 68.2 Å². The van der Waals surface area contributed by atoms with Gasteiger partial charge in [-0.1, -0.05) is 26.0 Å². The van der Waals surface area contributed by atoms with Crippen molar-refractivity contribution in [1.29, 1.82) is 0 Å². The second kappa shape index (κ2) is 20.8. The summed E-state index contributed by atoms with van der Waals surface area (Å²) in [6.07, 6.45) is 5.07. The molecule has 4 rings (SSSR count). The molecule has 0 spiro atoms. The summed E-state index contributed by atoms with van der Waals surface area (Å²) >= 11 is 2.92. The maximum Gasteiger partial charge on any atom is 0.355 e. The van der Waals surface area contributed by atoms with Crippen LogP contribution in [0.25, 0.3) is 0 Å². The number of nitrogens with zero attached hydrogens (tertiary/aromatic N) is 6. The number of aliphatic imine (C=N–C) groups is 2. The number of rotatable bonds is 14. The number of hydrogen-bond acceptors (Lipinski definition) is 8. The van der Waals surface area contributed by atoms with Gasteiger partial charge in [-0.3, -0.25) is 4.79 Å². The first-order valence-corrected chi connectivity index (χ1v) is 18.6. The van der Waals surface area contributed by atoms with Gasteiger partial charge in [0.25, 0.3) is 5.91 Å². The zero-order valence-electron chi connectivity index (χ0n) is 31.4. The lowest BCUT2D eigenvalue weighted by Crippen LogP contribution is -2.27. The number of hydrogen-bond donors (Lipinski definition) is 2. The minimum atomic E-state index is -0.981. The van der Waals surface area contributed by atoms with Crippen LogP contribution in [0.3, 0.4) is 0 Å². The first kappa shape index (κ1) is 43.2. The lowest BCUT2D eigenvalue weighted by Gasteiger charge is -2.11. The molecule has 0 atom stereocenters. The average Bonchev–Trinajstić information content (AvgIpc) is 3.75. The van der Waals surface area contributed by atoms with Crippen molar-refractivity contribution in [2.24, 2.45) is 15.9 Å². The van der Waals surface area contributed by atoms with E-state index in [-0.39, 0.29) is 28.6 Å². The van der Waals surface area contributed by atoms with Crippen LogP contribution in [-0.4, -0.2) is 83.2 Å². The molecule has 276 valence electrons. The Balaban J connectivity index is 0.000000351. The Hall–Kier alpha value is -3.94. The van der Waals surface area contributed by atoms with E-state index >= 15 is 0 Å². The van der Waals surface area contributed by atoms with E-state index in [1.54, 1.807) is 5.38 Å². The Kier molecular flexibility index (Phi) is 17.6. The van der Waals surface area contributed by atoms with Gasteiger partial charge in [-0.2, -0.15) is 0 Å². The summed E-state index contributed by atoms with van der Waals surface area (Å²) in [6.45, 7) is 19.1. The first-order valence-electron chi connectivity index (χ1n) is 16.8. The second-order valence-corrected chi connectivity index (χ2v) is 14.7. The van der Waals surface area contributed by atoms with Crippen LogP contribution in [0.5, 0.6) is 0 Å². The summed E-state index contributed by atoms with van der Waals surface area (Å²) in [5.41, 5.74) is 9.50. The van der Waals surface area contributed by atoms with Gasteiger partial charge in [0.05, 0.1) is 34.1 Å². The van der Waals surface area contributed by atoms with Gasteiger partial charge in [-0.25, -0.2) is 24.7 Å². The molecule has 0 saturated heterocycles. The molecule has 0 radical (unpaired) electrons. The summed E-state index contributed by atoms with van der Waals surface area (Å²) in [5, 5.41) is 17.1. The van der Waals surface area contributed by atoms with Crippen LogP contribution < -0.4 is 5.32 Å². The van der Waals surface area contributed by atoms with Crippen LogP contribution in [0.1, 0.15) is 92.1 Å². The molecule has 2 heterocycles. The number of nitrogens with one attached hydrogen (secondary N) is 1. The minimum absolute atomic E-state index is 0. The predicted molar refractivity (Wildman–Crippen MR) is 219 cm³/mol. The Morgan fingerprint density at radius 2 is 1.22 bits per heavy atom. The van der Waals surface area contributed by atoms with Crippen LogP contribution in [0, 0.1) is 33.6 Å². The van der Waals surface area contributed by atoms with Crippen LogP contribution in [-0.2, 0) is 12.8 Å². The molecule has 0 aliphatic heterocycles. The number of carbonyl (C=O) groups is 2. The number of carboxylic acids is 1. The van der Waals surface area contributed by atoms with Gasteiger partial charge in [-0.15, -0.1) is 39.7 Å². The van der Waals surface area contributed by atoms with Gasteiger partial charge in [0.2, 0.25) is 0 Å². The van der Waals surface area contributed by atoms with Crippen molar-refractivity contribution in [3.05, 3.63) is 89.8 Å². The number of halogens is 1. The SMILES string of the molecule is Br.CCN(C)C=Nc1cc(C)c(Cc2nc(C(=O)NCC(C)C)cs2)cc1C.CCN(C)C=Nc1cc(C)c(Cc2nc(C(=O)O)cs2)cc1C. The van der Waals surface area contributed by atoms with Crippen molar-refractivity contribution in [3.8, 4) is 0 Å². The maximum atomic E-state index is 12.1. The summed E-state index contributed by atoms with van der Waals surface area (Å²) < 4.78 is 0. The molecule has 2 N–H and O–H groups in total. The molecular formula is C38H52BrN7O3S2. The third-order valence-corrected chi connectivity index (χ3v) is 9.70. The third-order valence-electron chi connectivity index (χ3n) is 8.00. The highest BCUT2D eigenvalue weighted by Gasteiger charge is 2.14. The molecule has 51 heavy (non-hydrogen) atoms. The maximum absolute atomic E-state index is 12.1. The molecule has 0 fully saturated rings. The molecule has 1 amide bonds. The first-order chi connectivity index (χ1) is 23.7. The normalized spacial score (nSPS) is 11.0. The van der Waals surface area contributed by atoms with E-state index in [1.165, 1.54) is 33.8 Å². The fraction of sp³-hybridized carbons (Fsp3) is 0.421. The fourth-order valence-corrected chi connectivity index (χ4v) is 6.15. The summed E-state index contributed by atoms with van der Waals surface area (Å²) in [7, 11) is 4.00. The van der Waals surface area contributed by atoms with Gasteiger partial charge in [0, 0.05) is 57.3 Å². The number of aromatic carboxylic acids is 1. The highest BCUT2D eigenvalue weighted by molar-refractivity contribution is 8.93. The Labute approximate surface area is 321 Å². The van der Waals surface area contributed by atoms with Crippen molar-refractivity contribution in [2.75, 3.05) is 33.7 Å². The molecule has 0 unspecified atom stereocenters. The van der Waals surface area contributed by atoms with Crippen molar-refractivity contribution in [1.82, 2.24) is 25.1 Å². The van der Waals surface area contributed by atoms with Crippen LogP contribution >= 0.6 is 39.7 Å². The van der Waals surface area contributed by atoms with Gasteiger partial charge < -0.3 is 20.2 Å². The number of aromatic nitrogens is 2. The topological polar surface area (TPSA) is 123 Å². The number of carbonyl (C=O) groups excluding carboxylic acids is 1. The number of thiazole rings is 2. The molecule has 0 aliphatic rings. The van der Waals surface area contributed by atoms with Crippen LogP contribution in [0.2, 0.25) is 0 Å². The van der Waals surface area contributed by atoms with Gasteiger partial charge >= 0.3 is 5.97 Å². The number of benzene rings is 2. The van der Waals surface area contributed by atoms with E-state index < -0.39 is 5.97 Å². The van der Waals surface area contributed by atoms with E-state index in [4.69, 9.17) is 5.11 Å². The molecule has 0 saturated carbocycles. The Morgan fingerprint density at radius 3 is 1.61 bits per heavy atom. The van der Waals surface area contributed by atoms with Crippen LogP contribution in [0.15, 0.2) is 45.0 Å². The Bertz CT molecular complexity index is 1820. The number of carboxylic acid groups (broad SMARTS) is 1. The predicted octanol–water partition coefficient (Wildman–Crippen LogP) is 8.59. The average molecular weight is 799 g/mol. The van der Waals surface area contributed by atoms with Crippen molar-refractivity contribution < 1.29 is 14.7 Å². The van der Waals surface area contributed by atoms with Gasteiger partial charge in [0.15, 0.2) is 5.69 Å². The largest absolute Gasteiger partial charge is 0.476 e. The fourth-order valence-electron chi connectivity index (χ4n) is 4.57. The summed E-state index contributed by atoms with van der Waals surface area (Å²) in [4.78, 5) is 44.9.